The van der Waals surface area contributed by atoms with E-state index in [1.54, 1.807) is 0 Å². The number of rotatable bonds is 24. The second kappa shape index (κ2) is 39.1. The molecule has 13 aliphatic rings. The van der Waals surface area contributed by atoms with E-state index in [0.717, 1.165) is 23.8 Å². The number of carbonyl (C=O) groups excluding carboxylic acids is 2. The number of hydrogen-bond donors (Lipinski definition) is 24. The zero-order valence-corrected chi connectivity index (χ0v) is 72.2. The second-order valence-corrected chi connectivity index (χ2v) is 38.9. The Bertz CT molecular complexity index is 3980. The highest BCUT2D eigenvalue weighted by Gasteiger charge is 2.72. The van der Waals surface area contributed by atoms with Crippen molar-refractivity contribution in [1.29, 1.82) is 0 Å². The summed E-state index contributed by atoms with van der Waals surface area (Å²) in [5, 5.41) is 265. The number of benzene rings is 1. The Morgan fingerprint density at radius 1 is 0.453 bits per heavy atom. The van der Waals surface area contributed by atoms with Crippen LogP contribution in [0.2, 0.25) is 0 Å². The Morgan fingerprint density at radius 3 is 1.66 bits per heavy atom. The highest BCUT2D eigenvalue weighted by atomic mass is 16.8. The van der Waals surface area contributed by atoms with Crippen LogP contribution in [0.1, 0.15) is 125 Å². The highest BCUT2D eigenvalue weighted by Crippen LogP contribution is 2.76. The van der Waals surface area contributed by atoms with Crippen molar-refractivity contribution in [3.05, 3.63) is 41.5 Å². The smallest absolute Gasteiger partial charge is 0.331 e. The Labute approximate surface area is 736 Å². The first-order valence-corrected chi connectivity index (χ1v) is 44.1. The first kappa shape index (κ1) is 99.7. The lowest BCUT2D eigenvalue weighted by molar-refractivity contribution is -0.386. The van der Waals surface area contributed by atoms with Crippen LogP contribution in [0.15, 0.2) is 35.9 Å². The third-order valence-electron chi connectivity index (χ3n) is 30.8. The van der Waals surface area contributed by atoms with Crippen LogP contribution in [0.5, 0.6) is 11.5 Å². The van der Waals surface area contributed by atoms with Gasteiger partial charge in [0.05, 0.1) is 70.0 Å². The Balaban J connectivity index is 0.601. The number of hydrogen-bond acceptors (Lipinski definition) is 43. The maximum atomic E-state index is 15.4. The van der Waals surface area contributed by atoms with Gasteiger partial charge in [-0.2, -0.15) is 0 Å². The van der Waals surface area contributed by atoms with Gasteiger partial charge in [0.15, 0.2) is 61.6 Å². The van der Waals surface area contributed by atoms with Gasteiger partial charge in [-0.25, -0.2) is 4.79 Å². The van der Waals surface area contributed by atoms with Crippen LogP contribution in [-0.4, -0.2) is 420 Å². The summed E-state index contributed by atoms with van der Waals surface area (Å²) in [5.41, 5.74) is -2.49. The molecule has 43 heteroatoms. The molecule has 8 saturated heterocycles. The SMILES string of the molecule is C[C@@H]1O[C@@H](O[C@H]2[C@@H](O)[C@@H](O)[C@H](OC[C@H]3O[C@@H](OC(=O)[C@]45CCC(C)(C)C[C@H]4C4=CC[C@@H]6[C@@]7(C)CC[C@H](O[C@H]8OC[C@@H](O)[C@H](O)[C@@H]8O[C@@H]8O[C@@H](C)[C@H](O)[C@@H](O[C@@H]9OC[C@@H](O[C@@H]%10O[C@H](CO)[C@@H](O[C@@H]%11O[C@H](CO)[C@@H](O)[C@H](O)[C@H]%11OC(=O)/C=C/c%11ccc(O)c(O)c%11)[C@@H](O)[C@H]%10O)[C@@H](O)[C@H]9O)[C@H]8O)[C@@](C)(CO)[C@@H]7CC[C@@]6(C)[C@]4(C)CC5)[C@H](O)[C@@H](O)[C@@H]3O)O[C@@H]2CO)[C@H](O)[C@H](O)[C@H]1O. The highest BCUT2D eigenvalue weighted by molar-refractivity contribution is 5.87. The van der Waals surface area contributed by atoms with Gasteiger partial charge in [-0.05, 0) is 141 Å². The molecule has 0 spiro atoms. The van der Waals surface area contributed by atoms with E-state index >= 15 is 4.79 Å². The fraction of sp³-hybridized carbons (Fsp3) is 0.859. The largest absolute Gasteiger partial charge is 0.504 e. The number of aliphatic hydroxyl groups excluding tert-OH is 22. The van der Waals surface area contributed by atoms with Gasteiger partial charge in [0.2, 0.25) is 6.29 Å². The van der Waals surface area contributed by atoms with Gasteiger partial charge in [0, 0.05) is 11.5 Å². The molecular formula is C85H130O43. The first-order chi connectivity index (χ1) is 60.3. The number of aromatic hydroxyl groups is 2. The number of carbonyl (C=O) groups is 2. The molecule has 4 saturated carbocycles. The zero-order valence-electron chi connectivity index (χ0n) is 72.2. The van der Waals surface area contributed by atoms with Crippen LogP contribution in [0.3, 0.4) is 0 Å². The van der Waals surface area contributed by atoms with E-state index in [0.29, 0.717) is 64.2 Å². The number of fused-ring (bicyclic) bond motifs is 7. The number of ether oxygens (including phenoxy) is 17. The minimum absolute atomic E-state index is 0.00235. The molecule has 47 atom stereocenters. The molecule has 0 radical (unpaired) electrons. The summed E-state index contributed by atoms with van der Waals surface area (Å²) >= 11 is 0. The average molecular weight is 1840 g/mol. The van der Waals surface area contributed by atoms with Gasteiger partial charge in [0.25, 0.3) is 0 Å². The van der Waals surface area contributed by atoms with E-state index in [1.165, 1.54) is 26.0 Å². The molecule has 0 unspecified atom stereocenters. The fourth-order valence-corrected chi connectivity index (χ4v) is 22.8. The minimum Gasteiger partial charge on any atom is -0.504 e. The summed E-state index contributed by atoms with van der Waals surface area (Å²) in [4.78, 5) is 28.5. The average Bonchev–Trinajstić information content (AvgIpc) is 0.672. The molecule has 0 bridgehead atoms. The van der Waals surface area contributed by atoms with Gasteiger partial charge < -0.3 is 203 Å². The summed E-state index contributed by atoms with van der Waals surface area (Å²) < 4.78 is 101. The Morgan fingerprint density at radius 2 is 1.00 bits per heavy atom. The third kappa shape index (κ3) is 18.4. The molecule has 128 heavy (non-hydrogen) atoms. The predicted octanol–water partition coefficient (Wildman–Crippen LogP) is -6.76. The van der Waals surface area contributed by atoms with Crippen molar-refractivity contribution < 1.29 is 213 Å². The third-order valence-corrected chi connectivity index (χ3v) is 30.8. The van der Waals surface area contributed by atoms with Crippen molar-refractivity contribution in [1.82, 2.24) is 0 Å². The number of allylic oxidation sites excluding steroid dienone is 2. The summed E-state index contributed by atoms with van der Waals surface area (Å²) in [7, 11) is 0. The molecule has 5 aliphatic carbocycles. The van der Waals surface area contributed by atoms with Crippen molar-refractivity contribution in [2.24, 2.45) is 50.2 Å². The van der Waals surface area contributed by atoms with Crippen LogP contribution in [0, 0.1) is 50.2 Å². The van der Waals surface area contributed by atoms with Crippen LogP contribution < -0.4 is 0 Å². The van der Waals surface area contributed by atoms with E-state index in [2.05, 4.69) is 40.7 Å². The topological polar surface area (TPSA) is 677 Å². The molecule has 24 N–H and O–H groups in total. The van der Waals surface area contributed by atoms with Gasteiger partial charge in [-0.3, -0.25) is 4.79 Å². The first-order valence-electron chi connectivity index (χ1n) is 44.1. The van der Waals surface area contributed by atoms with E-state index in [9.17, 15) is 127 Å². The lowest BCUT2D eigenvalue weighted by atomic mass is 9.33. The fourth-order valence-electron chi connectivity index (χ4n) is 22.8. The second-order valence-electron chi connectivity index (χ2n) is 38.9. The molecule has 12 fully saturated rings. The number of phenols is 2. The predicted molar refractivity (Wildman–Crippen MR) is 423 cm³/mol. The Kier molecular flexibility index (Phi) is 30.5. The molecule has 728 valence electrons. The lowest BCUT2D eigenvalue weighted by Crippen LogP contribution is -2.67. The molecule has 0 amide bonds. The van der Waals surface area contributed by atoms with Crippen LogP contribution in [-0.2, 0) is 90.1 Å². The quantitative estimate of drug-likeness (QED) is 0.0150. The monoisotopic (exact) mass is 1840 g/mol. The van der Waals surface area contributed by atoms with E-state index in [4.69, 9.17) is 80.5 Å². The minimum atomic E-state index is -2.13. The zero-order chi connectivity index (χ0) is 93.0. The molecule has 14 rings (SSSR count). The van der Waals surface area contributed by atoms with Crippen molar-refractivity contribution >= 4 is 18.0 Å². The van der Waals surface area contributed by atoms with Crippen LogP contribution in [0.4, 0.5) is 0 Å². The van der Waals surface area contributed by atoms with Crippen molar-refractivity contribution in [3.63, 3.8) is 0 Å². The summed E-state index contributed by atoms with van der Waals surface area (Å²) in [6.45, 7) is 10.9. The molecule has 8 heterocycles. The molecule has 1 aromatic rings. The number of phenolic OH excluding ortho intramolecular Hbond substituents is 2. The van der Waals surface area contributed by atoms with Crippen LogP contribution >= 0.6 is 0 Å². The molecule has 8 aliphatic heterocycles. The normalized spacial score (nSPS) is 51.0. The lowest BCUT2D eigenvalue weighted by Gasteiger charge is -2.71. The van der Waals surface area contributed by atoms with Crippen molar-refractivity contribution in [2.45, 2.75) is 359 Å². The van der Waals surface area contributed by atoms with E-state index < -0.39 is 330 Å². The Hall–Kier alpha value is -4.24. The maximum absolute atomic E-state index is 15.4. The molecule has 0 aromatic heterocycles. The summed E-state index contributed by atoms with van der Waals surface area (Å²) in [6.07, 6.45) is -58.4. The van der Waals surface area contributed by atoms with Gasteiger partial charge >= 0.3 is 11.9 Å². The molecular weight excluding hydrogens is 1710 g/mol. The van der Waals surface area contributed by atoms with E-state index in [-0.39, 0.29) is 35.3 Å². The number of aliphatic hydroxyl groups is 22. The van der Waals surface area contributed by atoms with Crippen molar-refractivity contribution in [2.75, 3.05) is 46.2 Å². The number of esters is 2. The molecule has 43 nitrogen and oxygen atoms in total. The standard InChI is InChI=1S/C85H130O43/c1-32-49(94)55(100)61(106)73(115-32)124-66-41(26-87)118-71(63(108)58(66)103)113-29-43-53(98)56(101)62(107)75(121-43)128-79(111)85-21-19-80(3,4)24-36(85)35-11-13-46-81(5)17-16-47(82(6,31-89)45(81)15-18-84(46,8)83(35,7)20-22-85)122-77-69(51(96)39(92)28-112-77)127-76-65(110)68(50(95)33(2)116-76)126-72-60(105)54(99)44(30-114-72)120-74-64(109)59(104)67(42(27-88)119-74)125-78-70(57(102)52(97)40(25-86)117-78)123-48(93)14-10-34-9-12-37(90)38(91)23-34/h9-12,14,23,32-33,36,39-47,49-78,86-92,94-110H,13,15-22,24-31H2,1-8H3/b14-10+/t32-,33-,36-,39+,40+,41+,42+,43+,44+,45+,46+,47-,49-,50-,51-,52+,53+,54+,55+,56-,57-,58-,59-,60+,61+,62+,63+,64+,65+,66+,67+,68+,69-,70+,71+,72-,73-,74-,75-,76-,77+,78-,81-,82-,83+,84+,85-/m0/s1. The van der Waals surface area contributed by atoms with Crippen molar-refractivity contribution in [3.8, 4) is 11.5 Å². The van der Waals surface area contributed by atoms with Gasteiger partial charge in [0.1, 0.15) is 165 Å². The van der Waals surface area contributed by atoms with E-state index in [1.807, 2.05) is 6.92 Å². The molecule has 1 aromatic carbocycles. The summed E-state index contributed by atoms with van der Waals surface area (Å²) in [5.74, 6) is -3.39. The van der Waals surface area contributed by atoms with Gasteiger partial charge in [-0.1, -0.05) is 59.3 Å². The van der Waals surface area contributed by atoms with Gasteiger partial charge in [-0.15, -0.1) is 0 Å². The maximum Gasteiger partial charge on any atom is 0.331 e. The summed E-state index contributed by atoms with van der Waals surface area (Å²) in [6, 6.07) is 3.60. The van der Waals surface area contributed by atoms with Crippen LogP contribution in [0.25, 0.3) is 6.08 Å².